The lowest BCUT2D eigenvalue weighted by atomic mass is 9.75. The topological polar surface area (TPSA) is 54.4 Å². The summed E-state index contributed by atoms with van der Waals surface area (Å²) in [6.45, 7) is 3.00. The smallest absolute Gasteiger partial charge is 0.393 e. The third-order valence-corrected chi connectivity index (χ3v) is 6.85. The molecular formula is C14H17F3O3S. The van der Waals surface area contributed by atoms with Crippen LogP contribution in [0, 0.1) is 5.92 Å². The zero-order valence-electron chi connectivity index (χ0n) is 11.7. The van der Waals surface area contributed by atoms with E-state index in [0.29, 0.717) is 18.9 Å². The molecule has 0 unspecified atom stereocenters. The van der Waals surface area contributed by atoms with E-state index in [2.05, 4.69) is 0 Å². The van der Waals surface area contributed by atoms with E-state index in [4.69, 9.17) is 0 Å². The van der Waals surface area contributed by atoms with E-state index in [1.165, 1.54) is 19.9 Å². The molecule has 0 amide bonds. The first kappa shape index (κ1) is 16.3. The fraction of sp³-hybridized carbons (Fsp3) is 0.571. The first-order valence-electron chi connectivity index (χ1n) is 6.56. The van der Waals surface area contributed by atoms with Crippen molar-refractivity contribution < 1.29 is 26.7 Å². The molecule has 0 heterocycles. The van der Waals surface area contributed by atoms with Crippen molar-refractivity contribution in [3.05, 3.63) is 29.8 Å². The van der Waals surface area contributed by atoms with Crippen LogP contribution in [0.4, 0.5) is 13.2 Å². The lowest BCUT2D eigenvalue weighted by molar-refractivity contribution is -0.137. The third kappa shape index (κ3) is 2.81. The molecule has 7 heteroatoms. The van der Waals surface area contributed by atoms with Crippen LogP contribution in [-0.2, 0) is 16.0 Å². The van der Waals surface area contributed by atoms with Crippen molar-refractivity contribution in [2.24, 2.45) is 5.92 Å². The van der Waals surface area contributed by atoms with Crippen LogP contribution in [0.1, 0.15) is 32.3 Å². The van der Waals surface area contributed by atoms with Crippen molar-refractivity contribution in [3.63, 3.8) is 0 Å². The Morgan fingerprint density at radius 2 is 1.76 bits per heavy atom. The molecule has 118 valence electrons. The number of benzene rings is 1. The molecule has 1 aromatic rings. The molecule has 1 N–H and O–H groups in total. The number of sulfone groups is 1. The van der Waals surface area contributed by atoms with Gasteiger partial charge in [0.1, 0.15) is 0 Å². The zero-order valence-corrected chi connectivity index (χ0v) is 12.5. The van der Waals surface area contributed by atoms with Gasteiger partial charge >= 0.3 is 6.18 Å². The maximum Gasteiger partial charge on any atom is 0.416 e. The Hall–Kier alpha value is -1.08. The van der Waals surface area contributed by atoms with Gasteiger partial charge in [0.25, 0.3) is 0 Å². The van der Waals surface area contributed by atoms with E-state index in [-0.39, 0.29) is 10.8 Å². The van der Waals surface area contributed by atoms with Gasteiger partial charge in [-0.15, -0.1) is 0 Å². The van der Waals surface area contributed by atoms with Gasteiger partial charge in [0.15, 0.2) is 9.84 Å². The Morgan fingerprint density at radius 1 is 1.19 bits per heavy atom. The zero-order chi connectivity index (χ0) is 16.1. The second-order valence-corrected chi connectivity index (χ2v) is 8.49. The van der Waals surface area contributed by atoms with E-state index >= 15 is 0 Å². The van der Waals surface area contributed by atoms with Crippen LogP contribution in [0.15, 0.2) is 29.2 Å². The first-order chi connectivity index (χ1) is 9.46. The van der Waals surface area contributed by atoms with Crippen molar-refractivity contribution in [3.8, 4) is 0 Å². The van der Waals surface area contributed by atoms with Crippen molar-refractivity contribution in [1.29, 1.82) is 0 Å². The molecule has 1 fully saturated rings. The van der Waals surface area contributed by atoms with Crippen LogP contribution in [0.2, 0.25) is 0 Å². The van der Waals surface area contributed by atoms with Crippen molar-refractivity contribution >= 4 is 9.84 Å². The Morgan fingerprint density at radius 3 is 2.24 bits per heavy atom. The maximum atomic E-state index is 12.7. The fourth-order valence-electron chi connectivity index (χ4n) is 2.52. The summed E-state index contributed by atoms with van der Waals surface area (Å²) in [5, 5.41) is 9.33. The Bertz CT molecular complexity index is 629. The molecule has 1 aliphatic carbocycles. The molecule has 1 saturated carbocycles. The monoisotopic (exact) mass is 322 g/mol. The number of aliphatic hydroxyl groups excluding tert-OH is 1. The highest BCUT2D eigenvalue weighted by atomic mass is 32.2. The molecule has 0 spiro atoms. The minimum Gasteiger partial charge on any atom is -0.393 e. The standard InChI is InChI=1S/C14H17F3O3S/c1-13(2,10-6-11(18)7-10)21(19,20)12-5-3-4-9(8-12)14(15,16)17/h3-5,8,10-11,18H,6-7H2,1-2H3. The minimum atomic E-state index is -4.58. The lowest BCUT2D eigenvalue weighted by Gasteiger charge is -2.42. The van der Waals surface area contributed by atoms with E-state index in [9.17, 15) is 26.7 Å². The van der Waals surface area contributed by atoms with Crippen LogP contribution < -0.4 is 0 Å². The molecule has 0 atom stereocenters. The molecule has 0 radical (unpaired) electrons. The predicted molar refractivity (Wildman–Crippen MR) is 71.4 cm³/mol. The van der Waals surface area contributed by atoms with Gasteiger partial charge in [-0.25, -0.2) is 8.42 Å². The summed E-state index contributed by atoms with van der Waals surface area (Å²) in [6.07, 6.45) is -4.40. The largest absolute Gasteiger partial charge is 0.416 e. The molecule has 0 saturated heterocycles. The number of hydrogen-bond acceptors (Lipinski definition) is 3. The SMILES string of the molecule is CC(C)(C1CC(O)C1)S(=O)(=O)c1cccc(C(F)(F)F)c1. The second-order valence-electron chi connectivity index (χ2n) is 5.95. The van der Waals surface area contributed by atoms with E-state index in [0.717, 1.165) is 12.1 Å². The Balaban J connectivity index is 2.40. The maximum absolute atomic E-state index is 12.7. The molecule has 0 aromatic heterocycles. The summed E-state index contributed by atoms with van der Waals surface area (Å²) in [4.78, 5) is -0.330. The molecule has 1 aliphatic rings. The van der Waals surface area contributed by atoms with Gasteiger partial charge in [0, 0.05) is 0 Å². The fourth-order valence-corrected chi connectivity index (χ4v) is 4.30. The van der Waals surface area contributed by atoms with Crippen LogP contribution in [0.3, 0.4) is 0 Å². The summed E-state index contributed by atoms with van der Waals surface area (Å²) in [7, 11) is -3.92. The van der Waals surface area contributed by atoms with Crippen LogP contribution >= 0.6 is 0 Å². The third-order valence-electron chi connectivity index (χ3n) is 4.26. The summed E-state index contributed by atoms with van der Waals surface area (Å²) < 4.78 is 62.2. The van der Waals surface area contributed by atoms with Crippen molar-refractivity contribution in [1.82, 2.24) is 0 Å². The molecule has 3 nitrogen and oxygen atoms in total. The number of rotatable bonds is 3. The number of alkyl halides is 3. The number of aliphatic hydroxyl groups is 1. The van der Waals surface area contributed by atoms with Gasteiger partial charge in [0.2, 0.25) is 0 Å². The Labute approximate surface area is 121 Å². The average molecular weight is 322 g/mol. The van der Waals surface area contributed by atoms with E-state index in [1.54, 1.807) is 0 Å². The molecular weight excluding hydrogens is 305 g/mol. The normalized spacial score (nSPS) is 23.7. The summed E-state index contributed by atoms with van der Waals surface area (Å²) in [5.74, 6) is -0.257. The summed E-state index contributed by atoms with van der Waals surface area (Å²) in [5.41, 5.74) is -0.979. The highest BCUT2D eigenvalue weighted by Gasteiger charge is 2.48. The predicted octanol–water partition coefficient (Wildman–Crippen LogP) is 3.03. The van der Waals surface area contributed by atoms with Gasteiger partial charge in [-0.05, 0) is 50.8 Å². The van der Waals surface area contributed by atoms with Gasteiger partial charge in [-0.3, -0.25) is 0 Å². The highest BCUT2D eigenvalue weighted by molar-refractivity contribution is 7.92. The average Bonchev–Trinajstić information content (AvgIpc) is 2.34. The highest BCUT2D eigenvalue weighted by Crippen LogP contribution is 2.43. The quantitative estimate of drug-likeness (QED) is 0.930. The van der Waals surface area contributed by atoms with Crippen molar-refractivity contribution in [2.75, 3.05) is 0 Å². The van der Waals surface area contributed by atoms with Gasteiger partial charge in [0.05, 0.1) is 21.3 Å². The molecule has 2 rings (SSSR count). The first-order valence-corrected chi connectivity index (χ1v) is 8.04. The van der Waals surface area contributed by atoms with Crippen molar-refractivity contribution in [2.45, 2.75) is 48.6 Å². The van der Waals surface area contributed by atoms with E-state index < -0.39 is 32.4 Å². The van der Waals surface area contributed by atoms with Gasteiger partial charge in [-0.2, -0.15) is 13.2 Å². The Kier molecular flexibility index (Phi) is 3.87. The number of hydrogen-bond donors (Lipinski definition) is 1. The van der Waals surface area contributed by atoms with E-state index in [1.807, 2.05) is 0 Å². The number of halogens is 3. The molecule has 0 bridgehead atoms. The second kappa shape index (κ2) is 4.98. The summed E-state index contributed by atoms with van der Waals surface area (Å²) in [6, 6.07) is 3.80. The van der Waals surface area contributed by atoms with Gasteiger partial charge < -0.3 is 5.11 Å². The summed E-state index contributed by atoms with van der Waals surface area (Å²) >= 11 is 0. The molecule has 21 heavy (non-hydrogen) atoms. The van der Waals surface area contributed by atoms with Crippen LogP contribution in [0.5, 0.6) is 0 Å². The molecule has 1 aromatic carbocycles. The molecule has 0 aliphatic heterocycles. The van der Waals surface area contributed by atoms with Gasteiger partial charge in [-0.1, -0.05) is 6.07 Å². The minimum absolute atomic E-state index is 0.257. The lowest BCUT2D eigenvalue weighted by Crippen LogP contribution is -2.48. The van der Waals surface area contributed by atoms with Crippen LogP contribution in [0.25, 0.3) is 0 Å². The van der Waals surface area contributed by atoms with Crippen LogP contribution in [-0.4, -0.2) is 24.4 Å².